The molecule has 1 N–H and O–H groups in total. The van der Waals surface area contributed by atoms with E-state index in [0.717, 1.165) is 35.9 Å². The highest BCUT2D eigenvalue weighted by Gasteiger charge is 2.36. The van der Waals surface area contributed by atoms with Crippen LogP contribution in [0, 0.1) is 11.8 Å². The Balaban J connectivity index is 1.25. The predicted octanol–water partition coefficient (Wildman–Crippen LogP) is 5.11. The molecule has 0 unspecified atom stereocenters. The molecule has 1 aliphatic carbocycles. The molecular formula is C23H28F3N5. The zero-order chi connectivity index (χ0) is 21.6. The van der Waals surface area contributed by atoms with Gasteiger partial charge in [0.2, 0.25) is 0 Å². The number of likely N-dealkylation sites (tertiary alicyclic amines) is 1. The molecule has 3 heterocycles. The maximum absolute atomic E-state index is 12.8. The summed E-state index contributed by atoms with van der Waals surface area (Å²) in [6, 6.07) is 6.00. The van der Waals surface area contributed by atoms with E-state index < -0.39 is 11.7 Å². The van der Waals surface area contributed by atoms with Crippen LogP contribution < -0.4 is 5.32 Å². The first kappa shape index (κ1) is 20.5. The van der Waals surface area contributed by atoms with Crippen molar-refractivity contribution in [3.8, 4) is 0 Å². The number of rotatable bonds is 4. The van der Waals surface area contributed by atoms with Crippen LogP contribution in [-0.4, -0.2) is 33.6 Å². The molecule has 1 saturated carbocycles. The van der Waals surface area contributed by atoms with Crippen LogP contribution in [0.15, 0.2) is 35.5 Å². The quantitative estimate of drug-likeness (QED) is 0.732. The number of fused-ring (bicyclic) bond motifs is 1. The number of nitrogens with zero attached hydrogens (tertiary/aromatic N) is 4. The Bertz CT molecular complexity index is 957. The van der Waals surface area contributed by atoms with Crippen LogP contribution in [0.4, 0.5) is 19.0 Å². The summed E-state index contributed by atoms with van der Waals surface area (Å²) in [5, 5.41) is 8.25. The molecule has 1 aromatic heterocycles. The number of alkyl halides is 3. The summed E-state index contributed by atoms with van der Waals surface area (Å²) in [5.74, 6) is 2.83. The number of aromatic nitrogens is 2. The van der Waals surface area contributed by atoms with Gasteiger partial charge in [0.15, 0.2) is 0 Å². The molecule has 2 fully saturated rings. The highest BCUT2D eigenvalue weighted by molar-refractivity contribution is 5.98. The molecule has 2 aromatic rings. The van der Waals surface area contributed by atoms with Crippen molar-refractivity contribution in [2.75, 3.05) is 18.4 Å². The number of aliphatic imine (C=N–C) groups is 1. The minimum atomic E-state index is -4.29. The molecule has 1 aromatic carbocycles. The van der Waals surface area contributed by atoms with E-state index in [9.17, 15) is 13.2 Å². The molecule has 0 bridgehead atoms. The largest absolute Gasteiger partial charge is 0.416 e. The number of hydrogen-bond acceptors (Lipinski definition) is 4. The first-order chi connectivity index (χ1) is 14.9. The second kappa shape index (κ2) is 7.97. The fourth-order valence-corrected chi connectivity index (χ4v) is 5.23. The molecule has 31 heavy (non-hydrogen) atoms. The lowest BCUT2D eigenvalue weighted by atomic mass is 9.96. The SMILES string of the molecule is C[C@@H]1CN(Cc2ccc(C(F)(F)F)cc2)C[C@H]1C1=NCc2cnn(C3CCCC3)c2N1. The zero-order valence-corrected chi connectivity index (χ0v) is 17.7. The van der Waals surface area contributed by atoms with Gasteiger partial charge < -0.3 is 5.32 Å². The standard InChI is InChI=1S/C23H28F3N5/c1-15-12-30(13-16-6-8-18(9-7-16)23(24,25)26)14-20(15)21-27-10-17-11-28-31(22(17)29-21)19-4-2-3-5-19/h6-9,11,15,19-20H,2-5,10,12-14H2,1H3,(H,27,29)/t15-,20-/m1/s1. The molecule has 0 radical (unpaired) electrons. The van der Waals surface area contributed by atoms with E-state index >= 15 is 0 Å². The Labute approximate surface area is 180 Å². The van der Waals surface area contributed by atoms with Gasteiger partial charge >= 0.3 is 6.18 Å². The lowest BCUT2D eigenvalue weighted by molar-refractivity contribution is -0.137. The third-order valence-electron chi connectivity index (χ3n) is 6.93. The smallest absolute Gasteiger partial charge is 0.328 e. The van der Waals surface area contributed by atoms with Gasteiger partial charge in [0.1, 0.15) is 11.7 Å². The summed E-state index contributed by atoms with van der Waals surface area (Å²) in [6.45, 7) is 5.29. The third-order valence-corrected chi connectivity index (χ3v) is 6.93. The fourth-order valence-electron chi connectivity index (χ4n) is 5.23. The van der Waals surface area contributed by atoms with Gasteiger partial charge in [-0.3, -0.25) is 9.89 Å². The molecule has 2 atom stereocenters. The van der Waals surface area contributed by atoms with Crippen molar-refractivity contribution in [1.29, 1.82) is 0 Å². The van der Waals surface area contributed by atoms with E-state index in [1.165, 1.54) is 37.8 Å². The van der Waals surface area contributed by atoms with Crippen LogP contribution >= 0.6 is 0 Å². The van der Waals surface area contributed by atoms with Crippen molar-refractivity contribution < 1.29 is 13.2 Å². The summed E-state index contributed by atoms with van der Waals surface area (Å²) in [4.78, 5) is 7.14. The van der Waals surface area contributed by atoms with Crippen molar-refractivity contribution in [2.45, 2.75) is 57.9 Å². The van der Waals surface area contributed by atoms with Crippen molar-refractivity contribution in [3.63, 3.8) is 0 Å². The number of nitrogens with one attached hydrogen (secondary N) is 1. The molecule has 1 saturated heterocycles. The molecular weight excluding hydrogens is 403 g/mol. The average molecular weight is 432 g/mol. The van der Waals surface area contributed by atoms with Crippen molar-refractivity contribution in [1.82, 2.24) is 14.7 Å². The number of anilines is 1. The maximum Gasteiger partial charge on any atom is 0.416 e. The molecule has 2 aliphatic heterocycles. The average Bonchev–Trinajstić information content (AvgIpc) is 3.46. The summed E-state index contributed by atoms with van der Waals surface area (Å²) in [5.41, 5.74) is 1.46. The van der Waals surface area contributed by atoms with Gasteiger partial charge in [-0.25, -0.2) is 4.68 Å². The topological polar surface area (TPSA) is 45.5 Å². The molecule has 166 valence electrons. The first-order valence-electron chi connectivity index (χ1n) is 11.1. The van der Waals surface area contributed by atoms with E-state index in [1.54, 1.807) is 12.1 Å². The van der Waals surface area contributed by atoms with Crippen LogP contribution in [0.25, 0.3) is 0 Å². The molecule has 0 amide bonds. The second-order valence-electron chi connectivity index (χ2n) is 9.20. The monoisotopic (exact) mass is 431 g/mol. The first-order valence-corrected chi connectivity index (χ1v) is 11.1. The molecule has 5 nitrogen and oxygen atoms in total. The molecule has 0 spiro atoms. The van der Waals surface area contributed by atoms with Crippen LogP contribution in [0.2, 0.25) is 0 Å². The van der Waals surface area contributed by atoms with Gasteiger partial charge in [0.05, 0.1) is 24.3 Å². The zero-order valence-electron chi connectivity index (χ0n) is 17.7. The van der Waals surface area contributed by atoms with Crippen LogP contribution in [0.5, 0.6) is 0 Å². The number of benzene rings is 1. The second-order valence-corrected chi connectivity index (χ2v) is 9.20. The van der Waals surface area contributed by atoms with E-state index in [4.69, 9.17) is 4.99 Å². The van der Waals surface area contributed by atoms with E-state index in [2.05, 4.69) is 26.9 Å². The summed E-state index contributed by atoms with van der Waals surface area (Å²) >= 11 is 0. The highest BCUT2D eigenvalue weighted by Crippen LogP contribution is 2.36. The normalized spacial score (nSPS) is 24.8. The Morgan fingerprint density at radius 3 is 2.55 bits per heavy atom. The minimum Gasteiger partial charge on any atom is -0.328 e. The van der Waals surface area contributed by atoms with Crippen LogP contribution in [0.1, 0.15) is 55.3 Å². The summed E-state index contributed by atoms with van der Waals surface area (Å²) in [7, 11) is 0. The van der Waals surface area contributed by atoms with Gasteiger partial charge in [-0.2, -0.15) is 18.3 Å². The van der Waals surface area contributed by atoms with Crippen molar-refractivity contribution >= 4 is 11.7 Å². The molecule has 5 rings (SSSR count). The van der Waals surface area contributed by atoms with Gasteiger partial charge in [-0.05, 0) is 36.5 Å². The fraction of sp³-hybridized carbons (Fsp3) is 0.565. The third kappa shape index (κ3) is 4.10. The van der Waals surface area contributed by atoms with Crippen molar-refractivity contribution in [3.05, 3.63) is 47.2 Å². The lowest BCUT2D eigenvalue weighted by Crippen LogP contribution is -2.32. The van der Waals surface area contributed by atoms with Crippen LogP contribution in [-0.2, 0) is 19.3 Å². The van der Waals surface area contributed by atoms with Gasteiger partial charge in [-0.1, -0.05) is 31.9 Å². The van der Waals surface area contributed by atoms with Gasteiger partial charge in [-0.15, -0.1) is 0 Å². The molecule has 3 aliphatic rings. The Morgan fingerprint density at radius 1 is 1.10 bits per heavy atom. The lowest BCUT2D eigenvalue weighted by Gasteiger charge is -2.25. The minimum absolute atomic E-state index is 0.287. The van der Waals surface area contributed by atoms with E-state index in [1.807, 2.05) is 6.20 Å². The maximum atomic E-state index is 12.8. The van der Waals surface area contributed by atoms with E-state index in [0.29, 0.717) is 25.0 Å². The molecule has 8 heteroatoms. The van der Waals surface area contributed by atoms with Gasteiger partial charge in [0.25, 0.3) is 0 Å². The van der Waals surface area contributed by atoms with Crippen molar-refractivity contribution in [2.24, 2.45) is 16.8 Å². The Kier molecular flexibility index (Phi) is 5.28. The highest BCUT2D eigenvalue weighted by atomic mass is 19.4. The van der Waals surface area contributed by atoms with Crippen LogP contribution in [0.3, 0.4) is 0 Å². The van der Waals surface area contributed by atoms with Gasteiger partial charge in [0, 0.05) is 31.1 Å². The van der Waals surface area contributed by atoms with E-state index in [-0.39, 0.29) is 5.92 Å². The summed E-state index contributed by atoms with van der Waals surface area (Å²) in [6.07, 6.45) is 2.54. The Morgan fingerprint density at radius 2 is 1.84 bits per heavy atom. The number of hydrogen-bond donors (Lipinski definition) is 1. The number of amidine groups is 1. The number of halogens is 3. The Hall–Kier alpha value is -2.35. The predicted molar refractivity (Wildman–Crippen MR) is 114 cm³/mol. The summed E-state index contributed by atoms with van der Waals surface area (Å²) < 4.78 is 40.6.